The fraction of sp³-hybridized carbons (Fsp3) is 0.476. The number of thiol groups is 1. The third kappa shape index (κ3) is 10.4. The highest BCUT2D eigenvalue weighted by atomic mass is 32.2. The van der Waals surface area contributed by atoms with Crippen molar-refractivity contribution in [3.63, 3.8) is 0 Å². The molecule has 188 valence electrons. The van der Waals surface area contributed by atoms with Crippen LogP contribution >= 0.6 is 24.4 Å². The summed E-state index contributed by atoms with van der Waals surface area (Å²) in [4.78, 5) is 60.8. The van der Waals surface area contributed by atoms with Crippen LogP contribution in [0.4, 0.5) is 0 Å². The minimum Gasteiger partial charge on any atom is -0.480 e. The van der Waals surface area contributed by atoms with E-state index in [0.717, 1.165) is 0 Å². The first kappa shape index (κ1) is 29.3. The van der Waals surface area contributed by atoms with Crippen molar-refractivity contribution in [2.24, 2.45) is 11.5 Å². The van der Waals surface area contributed by atoms with Crippen LogP contribution in [-0.2, 0) is 30.4 Å². The van der Waals surface area contributed by atoms with Crippen molar-refractivity contribution in [1.82, 2.24) is 16.0 Å². The van der Waals surface area contributed by atoms with Gasteiger partial charge >= 0.3 is 5.97 Å². The van der Waals surface area contributed by atoms with Crippen molar-refractivity contribution < 1.29 is 29.1 Å². The molecule has 0 aliphatic rings. The molecule has 0 fully saturated rings. The number of carbonyl (C=O) groups is 5. The summed E-state index contributed by atoms with van der Waals surface area (Å²) in [5.74, 6) is -3.90. The molecule has 1 aromatic rings. The number of rotatable bonds is 15. The molecule has 0 saturated heterocycles. The van der Waals surface area contributed by atoms with Crippen molar-refractivity contribution in [2.75, 3.05) is 17.8 Å². The summed E-state index contributed by atoms with van der Waals surface area (Å²) in [6.07, 6.45) is 1.68. The smallest absolute Gasteiger partial charge is 0.326 e. The van der Waals surface area contributed by atoms with Crippen LogP contribution in [0.5, 0.6) is 0 Å². The van der Waals surface area contributed by atoms with Crippen molar-refractivity contribution >= 4 is 54.0 Å². The summed E-state index contributed by atoms with van der Waals surface area (Å²) in [6, 6.07) is 3.90. The number of aliphatic carboxylic acids is 1. The summed E-state index contributed by atoms with van der Waals surface area (Å²) >= 11 is 5.58. The van der Waals surface area contributed by atoms with Gasteiger partial charge in [-0.1, -0.05) is 30.3 Å². The number of amides is 4. The second-order valence-corrected chi connectivity index (χ2v) is 8.80. The van der Waals surface area contributed by atoms with Gasteiger partial charge in [-0.15, -0.1) is 0 Å². The molecule has 4 atom stereocenters. The van der Waals surface area contributed by atoms with Gasteiger partial charge in [-0.2, -0.15) is 24.4 Å². The van der Waals surface area contributed by atoms with Crippen LogP contribution in [0.3, 0.4) is 0 Å². The van der Waals surface area contributed by atoms with E-state index < -0.39 is 60.2 Å². The third-order valence-corrected chi connectivity index (χ3v) is 5.73. The van der Waals surface area contributed by atoms with E-state index in [1.807, 2.05) is 6.26 Å². The Balaban J connectivity index is 2.88. The number of thioether (sulfide) groups is 1. The Bertz CT molecular complexity index is 857. The minimum absolute atomic E-state index is 0.0115. The van der Waals surface area contributed by atoms with Crippen LogP contribution in [0, 0.1) is 0 Å². The maximum atomic E-state index is 12.8. The molecule has 34 heavy (non-hydrogen) atoms. The lowest BCUT2D eigenvalue weighted by atomic mass is 10.0. The van der Waals surface area contributed by atoms with Crippen molar-refractivity contribution in [3.8, 4) is 0 Å². The van der Waals surface area contributed by atoms with E-state index >= 15 is 0 Å². The predicted molar refractivity (Wildman–Crippen MR) is 132 cm³/mol. The van der Waals surface area contributed by atoms with E-state index in [1.165, 1.54) is 11.8 Å². The zero-order chi connectivity index (χ0) is 25.7. The van der Waals surface area contributed by atoms with Crippen LogP contribution in [0.25, 0.3) is 0 Å². The monoisotopic (exact) mass is 513 g/mol. The zero-order valence-corrected chi connectivity index (χ0v) is 20.4. The van der Waals surface area contributed by atoms with Crippen LogP contribution in [-0.4, -0.2) is 76.6 Å². The highest BCUT2D eigenvalue weighted by Gasteiger charge is 2.30. The van der Waals surface area contributed by atoms with Gasteiger partial charge < -0.3 is 32.5 Å². The molecule has 0 aromatic heterocycles. The Morgan fingerprint density at radius 2 is 1.53 bits per heavy atom. The molecule has 0 spiro atoms. The van der Waals surface area contributed by atoms with Gasteiger partial charge in [-0.3, -0.25) is 19.2 Å². The normalized spacial score (nSPS) is 14.2. The molecular weight excluding hydrogens is 482 g/mol. The average molecular weight is 514 g/mol. The molecule has 0 saturated carbocycles. The number of hydrogen-bond acceptors (Lipinski definition) is 8. The SMILES string of the molecule is CSCCC(N)C(=O)NC(CS)C(=O)NC(CC(N)=O)C(=O)NC(Cc1ccccc1)C(=O)O. The minimum atomic E-state index is -1.45. The van der Waals surface area contributed by atoms with Crippen LogP contribution < -0.4 is 27.4 Å². The lowest BCUT2D eigenvalue weighted by Crippen LogP contribution is -2.58. The topological polar surface area (TPSA) is 194 Å². The number of benzene rings is 1. The summed E-state index contributed by atoms with van der Waals surface area (Å²) in [5.41, 5.74) is 11.7. The molecule has 0 aliphatic heterocycles. The number of carboxylic acid groups (broad SMARTS) is 1. The predicted octanol–water partition coefficient (Wildman–Crippen LogP) is -1.35. The van der Waals surface area contributed by atoms with Gasteiger partial charge in [-0.05, 0) is 24.0 Å². The molecule has 1 aromatic carbocycles. The second-order valence-electron chi connectivity index (χ2n) is 7.45. The maximum Gasteiger partial charge on any atom is 0.326 e. The molecule has 1 rings (SSSR count). The lowest BCUT2D eigenvalue weighted by molar-refractivity contribution is -0.142. The van der Waals surface area contributed by atoms with E-state index in [2.05, 4.69) is 28.6 Å². The Labute approximate surface area is 207 Å². The van der Waals surface area contributed by atoms with Gasteiger partial charge in [0.05, 0.1) is 12.5 Å². The number of hydrogen-bond donors (Lipinski definition) is 7. The molecule has 0 radical (unpaired) electrons. The number of nitrogens with one attached hydrogen (secondary N) is 3. The van der Waals surface area contributed by atoms with E-state index in [4.69, 9.17) is 11.5 Å². The molecule has 4 amide bonds. The van der Waals surface area contributed by atoms with Gasteiger partial charge in [0.15, 0.2) is 0 Å². The molecule has 0 bridgehead atoms. The van der Waals surface area contributed by atoms with Gasteiger partial charge in [0.1, 0.15) is 18.1 Å². The largest absolute Gasteiger partial charge is 0.480 e. The first-order valence-electron chi connectivity index (χ1n) is 10.4. The summed E-state index contributed by atoms with van der Waals surface area (Å²) in [6.45, 7) is 0. The molecule has 0 heterocycles. The molecule has 0 aliphatic carbocycles. The Morgan fingerprint density at radius 1 is 0.971 bits per heavy atom. The fourth-order valence-corrected chi connectivity index (χ4v) is 3.60. The third-order valence-electron chi connectivity index (χ3n) is 4.72. The molecule has 4 unspecified atom stereocenters. The van der Waals surface area contributed by atoms with Crippen LogP contribution in [0.2, 0.25) is 0 Å². The van der Waals surface area contributed by atoms with E-state index in [-0.39, 0.29) is 12.2 Å². The molecule has 11 nitrogen and oxygen atoms in total. The van der Waals surface area contributed by atoms with E-state index in [0.29, 0.717) is 17.7 Å². The summed E-state index contributed by atoms with van der Waals surface area (Å²) < 4.78 is 0. The Kier molecular flexibility index (Phi) is 13.1. The average Bonchev–Trinajstić information content (AvgIpc) is 2.79. The van der Waals surface area contributed by atoms with Crippen molar-refractivity contribution in [3.05, 3.63) is 35.9 Å². The quantitative estimate of drug-likeness (QED) is 0.140. The molecule has 13 heteroatoms. The fourth-order valence-electron chi connectivity index (χ4n) is 2.85. The Morgan fingerprint density at radius 3 is 2.06 bits per heavy atom. The van der Waals surface area contributed by atoms with Gasteiger partial charge in [0, 0.05) is 12.2 Å². The van der Waals surface area contributed by atoms with Gasteiger partial charge in [0.2, 0.25) is 23.6 Å². The van der Waals surface area contributed by atoms with Crippen LogP contribution in [0.15, 0.2) is 30.3 Å². The summed E-state index contributed by atoms with van der Waals surface area (Å²) in [7, 11) is 0. The lowest BCUT2D eigenvalue weighted by Gasteiger charge is -2.24. The van der Waals surface area contributed by atoms with E-state index in [9.17, 15) is 29.1 Å². The van der Waals surface area contributed by atoms with Crippen molar-refractivity contribution in [2.45, 2.75) is 43.4 Å². The van der Waals surface area contributed by atoms with E-state index in [1.54, 1.807) is 30.3 Å². The molecular formula is C21H31N5O6S2. The Hall–Kier alpha value is -2.77. The first-order valence-corrected chi connectivity index (χ1v) is 12.4. The van der Waals surface area contributed by atoms with Gasteiger partial charge in [-0.25, -0.2) is 4.79 Å². The van der Waals surface area contributed by atoms with Gasteiger partial charge in [0.25, 0.3) is 0 Å². The standard InChI is InChI=1S/C21H31N5O6S2/c1-34-8-7-13(22)18(28)26-16(11-33)20(30)24-14(10-17(23)27)19(29)25-15(21(31)32)9-12-5-3-2-4-6-12/h2-6,13-16,33H,7-11,22H2,1H3,(H2,23,27)(H,24,30)(H,25,29)(H,26,28)(H,31,32). The highest BCUT2D eigenvalue weighted by Crippen LogP contribution is 2.05. The van der Waals surface area contributed by atoms with Crippen molar-refractivity contribution in [1.29, 1.82) is 0 Å². The second kappa shape index (κ2) is 15.2. The number of carbonyl (C=O) groups excluding carboxylic acids is 4. The zero-order valence-electron chi connectivity index (χ0n) is 18.7. The maximum absolute atomic E-state index is 12.8. The number of nitrogens with two attached hydrogens (primary N) is 2. The highest BCUT2D eigenvalue weighted by molar-refractivity contribution is 7.98. The van der Waals surface area contributed by atoms with Crippen LogP contribution in [0.1, 0.15) is 18.4 Å². The number of carboxylic acids is 1. The molecule has 8 N–H and O–H groups in total. The summed E-state index contributed by atoms with van der Waals surface area (Å²) in [5, 5.41) is 16.6. The first-order chi connectivity index (χ1) is 16.1. The number of primary amides is 1.